The predicted molar refractivity (Wildman–Crippen MR) is 100 cm³/mol. The van der Waals surface area contributed by atoms with Gasteiger partial charge >= 0.3 is 0 Å². The Labute approximate surface area is 153 Å². The third kappa shape index (κ3) is 3.79. The Kier molecular flexibility index (Phi) is 5.27. The molecule has 3 heterocycles. The van der Waals surface area contributed by atoms with Crippen molar-refractivity contribution >= 4 is 10.9 Å². The summed E-state index contributed by atoms with van der Waals surface area (Å²) in [7, 11) is 0. The van der Waals surface area contributed by atoms with E-state index in [2.05, 4.69) is 15.2 Å². The van der Waals surface area contributed by atoms with Crippen LogP contribution < -0.4 is 5.32 Å². The number of rotatable bonds is 6. The molecule has 1 unspecified atom stereocenters. The van der Waals surface area contributed by atoms with Gasteiger partial charge in [-0.3, -0.25) is 9.88 Å². The number of benzene rings is 1. The second-order valence-corrected chi connectivity index (χ2v) is 6.90. The van der Waals surface area contributed by atoms with E-state index < -0.39 is 0 Å². The van der Waals surface area contributed by atoms with E-state index in [1.807, 2.05) is 24.3 Å². The van der Waals surface area contributed by atoms with Crippen LogP contribution >= 0.6 is 0 Å². The molecule has 1 N–H and O–H groups in total. The third-order valence-corrected chi connectivity index (χ3v) is 5.10. The molecule has 0 aliphatic carbocycles. The molecule has 1 aromatic carbocycles. The summed E-state index contributed by atoms with van der Waals surface area (Å²) >= 11 is 0. The van der Waals surface area contributed by atoms with E-state index in [0.29, 0.717) is 6.54 Å². The molecule has 1 saturated heterocycles. The lowest BCUT2D eigenvalue weighted by molar-refractivity contribution is 0.142. The van der Waals surface area contributed by atoms with Gasteiger partial charge in [-0.05, 0) is 61.8 Å². The maximum atomic E-state index is 13.9. The maximum Gasteiger partial charge on any atom is 0.124 e. The Morgan fingerprint density at radius 1 is 1.15 bits per heavy atom. The molecule has 3 aromatic rings. The first kappa shape index (κ1) is 17.2. The largest absolute Gasteiger partial charge is 0.468 e. The number of furan rings is 1. The smallest absolute Gasteiger partial charge is 0.124 e. The van der Waals surface area contributed by atoms with Gasteiger partial charge in [0, 0.05) is 24.7 Å². The van der Waals surface area contributed by atoms with Gasteiger partial charge in [0.25, 0.3) is 0 Å². The van der Waals surface area contributed by atoms with Crippen LogP contribution in [0.2, 0.25) is 0 Å². The molecule has 2 aromatic heterocycles. The minimum atomic E-state index is -0.221. The van der Waals surface area contributed by atoms with Gasteiger partial charge in [0.15, 0.2) is 0 Å². The summed E-state index contributed by atoms with van der Waals surface area (Å²) in [5.74, 6) is 0.766. The van der Waals surface area contributed by atoms with Crippen LogP contribution in [-0.4, -0.2) is 29.5 Å². The van der Waals surface area contributed by atoms with Gasteiger partial charge in [-0.25, -0.2) is 4.39 Å². The zero-order valence-electron chi connectivity index (χ0n) is 14.8. The number of nitrogens with one attached hydrogen (secondary N) is 1. The number of fused-ring (bicyclic) bond motifs is 1. The van der Waals surface area contributed by atoms with Gasteiger partial charge in [-0.1, -0.05) is 12.5 Å². The van der Waals surface area contributed by atoms with Crippen LogP contribution in [0.5, 0.6) is 0 Å². The van der Waals surface area contributed by atoms with Crippen LogP contribution in [0.4, 0.5) is 4.39 Å². The van der Waals surface area contributed by atoms with Crippen molar-refractivity contribution in [3.05, 3.63) is 66.0 Å². The second kappa shape index (κ2) is 7.98. The quantitative estimate of drug-likeness (QED) is 0.718. The summed E-state index contributed by atoms with van der Waals surface area (Å²) in [5.41, 5.74) is 1.74. The summed E-state index contributed by atoms with van der Waals surface area (Å²) in [6, 6.07) is 11.0. The highest BCUT2D eigenvalue weighted by molar-refractivity contribution is 5.81. The molecular formula is C21H24FN3O. The number of piperidine rings is 1. The average Bonchev–Trinajstić information content (AvgIpc) is 3.20. The molecule has 5 heteroatoms. The first-order chi connectivity index (χ1) is 12.8. The molecule has 0 amide bonds. The number of hydrogen-bond donors (Lipinski definition) is 1. The highest BCUT2D eigenvalue weighted by Gasteiger charge is 2.24. The molecule has 1 fully saturated rings. The Balaban J connectivity index is 1.48. The first-order valence-electron chi connectivity index (χ1n) is 9.32. The number of halogens is 1. The average molecular weight is 353 g/mol. The van der Waals surface area contributed by atoms with Crippen molar-refractivity contribution in [2.45, 2.75) is 31.8 Å². The Morgan fingerprint density at radius 2 is 2.04 bits per heavy atom. The number of pyridine rings is 1. The maximum absolute atomic E-state index is 13.9. The zero-order valence-corrected chi connectivity index (χ0v) is 14.8. The SMILES string of the molecule is Fc1cc(CNCC(c2ccco2)N2CCCCC2)c2ncccc2c1. The number of nitrogens with zero attached hydrogens (tertiary/aromatic N) is 2. The van der Waals surface area contributed by atoms with E-state index >= 15 is 0 Å². The third-order valence-electron chi connectivity index (χ3n) is 5.10. The molecule has 1 aliphatic rings. The minimum absolute atomic E-state index is 0.207. The fourth-order valence-electron chi connectivity index (χ4n) is 3.83. The highest BCUT2D eigenvalue weighted by Crippen LogP contribution is 2.25. The van der Waals surface area contributed by atoms with E-state index in [9.17, 15) is 4.39 Å². The minimum Gasteiger partial charge on any atom is -0.468 e. The summed E-state index contributed by atoms with van der Waals surface area (Å²) < 4.78 is 19.6. The molecule has 136 valence electrons. The van der Waals surface area contributed by atoms with Gasteiger partial charge in [-0.2, -0.15) is 0 Å². The van der Waals surface area contributed by atoms with E-state index in [1.165, 1.54) is 25.3 Å². The lowest BCUT2D eigenvalue weighted by atomic mass is 10.1. The van der Waals surface area contributed by atoms with Crippen molar-refractivity contribution in [1.82, 2.24) is 15.2 Å². The first-order valence-corrected chi connectivity index (χ1v) is 9.32. The van der Waals surface area contributed by atoms with Crippen molar-refractivity contribution in [2.75, 3.05) is 19.6 Å². The number of hydrogen-bond acceptors (Lipinski definition) is 4. The Morgan fingerprint density at radius 3 is 2.85 bits per heavy atom. The standard InChI is InChI=1S/C21H24FN3O/c22-18-12-16-6-4-8-24-21(16)17(13-18)14-23-15-19(20-7-5-11-26-20)25-9-2-1-3-10-25/h4-8,11-13,19,23H,1-3,9-10,14-15H2. The normalized spacial score (nSPS) is 16.8. The predicted octanol–water partition coefficient (Wildman–Crippen LogP) is 4.28. The fraction of sp³-hybridized carbons (Fsp3) is 0.381. The van der Waals surface area contributed by atoms with E-state index in [1.54, 1.807) is 18.5 Å². The summed E-state index contributed by atoms with van der Waals surface area (Å²) in [4.78, 5) is 6.91. The molecule has 0 radical (unpaired) electrons. The van der Waals surface area contributed by atoms with Crippen LogP contribution in [0.3, 0.4) is 0 Å². The number of likely N-dealkylation sites (tertiary alicyclic amines) is 1. The van der Waals surface area contributed by atoms with Crippen molar-refractivity contribution < 1.29 is 8.81 Å². The van der Waals surface area contributed by atoms with Crippen LogP contribution in [0, 0.1) is 5.82 Å². The molecule has 4 nitrogen and oxygen atoms in total. The van der Waals surface area contributed by atoms with E-state index in [4.69, 9.17) is 4.42 Å². The fourth-order valence-corrected chi connectivity index (χ4v) is 3.83. The topological polar surface area (TPSA) is 41.3 Å². The van der Waals surface area contributed by atoms with Crippen molar-refractivity contribution in [1.29, 1.82) is 0 Å². The Bertz CT molecular complexity index is 844. The van der Waals surface area contributed by atoms with Gasteiger partial charge in [0.05, 0.1) is 17.8 Å². The van der Waals surface area contributed by atoms with Gasteiger partial charge in [0.1, 0.15) is 11.6 Å². The van der Waals surface area contributed by atoms with Gasteiger partial charge in [0.2, 0.25) is 0 Å². The Hall–Kier alpha value is -2.24. The zero-order chi connectivity index (χ0) is 17.8. The number of aromatic nitrogens is 1. The van der Waals surface area contributed by atoms with Gasteiger partial charge in [-0.15, -0.1) is 0 Å². The summed E-state index contributed by atoms with van der Waals surface area (Å²) in [5, 5.41) is 4.33. The molecular weight excluding hydrogens is 329 g/mol. The molecule has 26 heavy (non-hydrogen) atoms. The molecule has 4 rings (SSSR count). The van der Waals surface area contributed by atoms with Crippen molar-refractivity contribution in [3.63, 3.8) is 0 Å². The lowest BCUT2D eigenvalue weighted by Crippen LogP contribution is -2.38. The molecule has 1 aliphatic heterocycles. The van der Waals surface area contributed by atoms with Crippen LogP contribution in [-0.2, 0) is 6.54 Å². The highest BCUT2D eigenvalue weighted by atomic mass is 19.1. The lowest BCUT2D eigenvalue weighted by Gasteiger charge is -2.33. The molecule has 0 spiro atoms. The summed E-state index contributed by atoms with van der Waals surface area (Å²) in [6.07, 6.45) is 7.25. The van der Waals surface area contributed by atoms with E-state index in [0.717, 1.165) is 41.9 Å². The second-order valence-electron chi connectivity index (χ2n) is 6.90. The molecule has 0 bridgehead atoms. The molecule has 1 atom stereocenters. The van der Waals surface area contributed by atoms with Crippen molar-refractivity contribution in [3.8, 4) is 0 Å². The van der Waals surface area contributed by atoms with Gasteiger partial charge < -0.3 is 9.73 Å². The monoisotopic (exact) mass is 353 g/mol. The van der Waals surface area contributed by atoms with Crippen LogP contribution in [0.25, 0.3) is 10.9 Å². The van der Waals surface area contributed by atoms with E-state index in [-0.39, 0.29) is 11.9 Å². The summed E-state index contributed by atoms with van der Waals surface area (Å²) in [6.45, 7) is 3.53. The van der Waals surface area contributed by atoms with Crippen LogP contribution in [0.1, 0.15) is 36.6 Å². The molecule has 0 saturated carbocycles. The van der Waals surface area contributed by atoms with Crippen LogP contribution in [0.15, 0.2) is 53.3 Å². The van der Waals surface area contributed by atoms with Crippen molar-refractivity contribution in [2.24, 2.45) is 0 Å².